The van der Waals surface area contributed by atoms with Crippen molar-refractivity contribution in [2.75, 3.05) is 18.8 Å². The Kier molecular flexibility index (Phi) is 5.46. The highest BCUT2D eigenvalue weighted by Gasteiger charge is 2.33. The molecular formula is C23H25N3OS. The third-order valence-electron chi connectivity index (χ3n) is 5.39. The Morgan fingerprint density at radius 3 is 2.64 bits per heavy atom. The van der Waals surface area contributed by atoms with Gasteiger partial charge in [-0.1, -0.05) is 30.3 Å². The molecule has 2 unspecified atom stereocenters. The maximum absolute atomic E-state index is 12.4. The second-order valence-electron chi connectivity index (χ2n) is 7.29. The molecule has 2 heterocycles. The van der Waals surface area contributed by atoms with Crippen LogP contribution in [0.1, 0.15) is 39.3 Å². The molecule has 0 radical (unpaired) electrons. The summed E-state index contributed by atoms with van der Waals surface area (Å²) in [4.78, 5) is 16.4. The first-order valence-electron chi connectivity index (χ1n) is 9.64. The molecule has 3 N–H and O–H groups in total. The lowest BCUT2D eigenvalue weighted by Crippen LogP contribution is -2.45. The molecule has 4 nitrogen and oxygen atoms in total. The summed E-state index contributed by atoms with van der Waals surface area (Å²) in [5.41, 5.74) is 9.77. The fourth-order valence-electron chi connectivity index (χ4n) is 3.96. The van der Waals surface area contributed by atoms with Crippen molar-refractivity contribution in [1.82, 2.24) is 10.2 Å². The average Bonchev–Trinajstić information content (AvgIpc) is 3.17. The Labute approximate surface area is 170 Å². The van der Waals surface area contributed by atoms with Crippen molar-refractivity contribution in [2.45, 2.75) is 25.4 Å². The van der Waals surface area contributed by atoms with Gasteiger partial charge in [-0.05, 0) is 60.2 Å². The van der Waals surface area contributed by atoms with Gasteiger partial charge in [-0.25, -0.2) is 0 Å². The van der Waals surface area contributed by atoms with Crippen LogP contribution in [0.4, 0.5) is 5.69 Å². The van der Waals surface area contributed by atoms with E-state index >= 15 is 0 Å². The molecule has 0 fully saturated rings. The fourth-order valence-corrected chi connectivity index (χ4v) is 5.04. The average molecular weight is 392 g/mol. The van der Waals surface area contributed by atoms with Gasteiger partial charge in [0.15, 0.2) is 0 Å². The minimum atomic E-state index is -0.0577. The van der Waals surface area contributed by atoms with Crippen LogP contribution in [0, 0.1) is 0 Å². The van der Waals surface area contributed by atoms with E-state index in [1.807, 2.05) is 11.3 Å². The number of anilines is 1. The molecule has 0 spiro atoms. The molecular weight excluding hydrogens is 366 g/mol. The van der Waals surface area contributed by atoms with Crippen LogP contribution in [-0.2, 0) is 6.42 Å². The van der Waals surface area contributed by atoms with Crippen molar-refractivity contribution in [3.63, 3.8) is 0 Å². The van der Waals surface area contributed by atoms with Gasteiger partial charge in [-0.15, -0.1) is 11.3 Å². The predicted molar refractivity (Wildman–Crippen MR) is 116 cm³/mol. The summed E-state index contributed by atoms with van der Waals surface area (Å²) in [6, 6.07) is 20.6. The third kappa shape index (κ3) is 3.81. The Bertz CT molecular complexity index is 936. The topological polar surface area (TPSA) is 58.4 Å². The van der Waals surface area contributed by atoms with Gasteiger partial charge in [0.05, 0.1) is 6.04 Å². The summed E-state index contributed by atoms with van der Waals surface area (Å²) in [7, 11) is 0. The Morgan fingerprint density at radius 1 is 1.14 bits per heavy atom. The number of nitrogens with two attached hydrogens (primary N) is 1. The van der Waals surface area contributed by atoms with Crippen LogP contribution < -0.4 is 11.1 Å². The lowest BCUT2D eigenvalue weighted by atomic mass is 9.91. The summed E-state index contributed by atoms with van der Waals surface area (Å²) in [5.74, 6) is -0.0577. The number of hydrogen-bond donors (Lipinski definition) is 2. The van der Waals surface area contributed by atoms with E-state index in [1.54, 1.807) is 24.3 Å². The number of hydrogen-bond acceptors (Lipinski definition) is 4. The number of benzene rings is 2. The molecule has 144 valence electrons. The van der Waals surface area contributed by atoms with Gasteiger partial charge in [0.25, 0.3) is 5.91 Å². The van der Waals surface area contributed by atoms with Crippen molar-refractivity contribution in [2.24, 2.45) is 0 Å². The highest BCUT2D eigenvalue weighted by atomic mass is 32.1. The zero-order valence-electron chi connectivity index (χ0n) is 16.0. The molecule has 28 heavy (non-hydrogen) atoms. The summed E-state index contributed by atoms with van der Waals surface area (Å²) in [6.07, 6.45) is 1.05. The van der Waals surface area contributed by atoms with Crippen LogP contribution >= 0.6 is 11.3 Å². The van der Waals surface area contributed by atoms with Crippen LogP contribution in [0.3, 0.4) is 0 Å². The molecule has 3 aromatic rings. The molecule has 1 aliphatic heterocycles. The summed E-state index contributed by atoms with van der Waals surface area (Å²) < 4.78 is 0. The smallest absolute Gasteiger partial charge is 0.251 e. The standard InChI is InChI=1S/C23H25N3OS/c1-16-15-19-11-14-28-22(19)21(17-5-3-2-4-6-17)26(16)13-12-25-23(27)18-7-9-20(24)10-8-18/h2-11,14,16,21H,12-13,15,24H2,1H3,(H,25,27). The van der Waals surface area contributed by atoms with Crippen LogP contribution in [0.2, 0.25) is 0 Å². The van der Waals surface area contributed by atoms with Crippen molar-refractivity contribution in [3.05, 3.63) is 87.6 Å². The van der Waals surface area contributed by atoms with E-state index in [1.165, 1.54) is 16.0 Å². The predicted octanol–water partition coefficient (Wildman–Crippen LogP) is 4.10. The van der Waals surface area contributed by atoms with Crippen molar-refractivity contribution in [1.29, 1.82) is 0 Å². The van der Waals surface area contributed by atoms with Gasteiger partial charge in [0.2, 0.25) is 0 Å². The van der Waals surface area contributed by atoms with Crippen LogP contribution in [0.5, 0.6) is 0 Å². The number of carbonyl (C=O) groups excluding carboxylic acids is 1. The molecule has 0 saturated heterocycles. The van der Waals surface area contributed by atoms with E-state index in [0.29, 0.717) is 23.8 Å². The zero-order valence-corrected chi connectivity index (χ0v) is 16.8. The fraction of sp³-hybridized carbons (Fsp3) is 0.261. The summed E-state index contributed by atoms with van der Waals surface area (Å²) in [6.45, 7) is 3.69. The van der Waals surface area contributed by atoms with Crippen molar-refractivity contribution < 1.29 is 4.79 Å². The molecule has 4 rings (SSSR count). The molecule has 5 heteroatoms. The number of nitrogens with zero attached hydrogens (tertiary/aromatic N) is 1. The SMILES string of the molecule is CC1Cc2ccsc2C(c2ccccc2)N1CCNC(=O)c1ccc(N)cc1. The molecule has 0 aliphatic carbocycles. The number of amides is 1. The van der Waals surface area contributed by atoms with Gasteiger partial charge in [0, 0.05) is 35.3 Å². The van der Waals surface area contributed by atoms with Crippen LogP contribution in [-0.4, -0.2) is 29.9 Å². The maximum Gasteiger partial charge on any atom is 0.251 e. The molecule has 2 atom stereocenters. The van der Waals surface area contributed by atoms with Crippen LogP contribution in [0.25, 0.3) is 0 Å². The number of fused-ring (bicyclic) bond motifs is 1. The third-order valence-corrected chi connectivity index (χ3v) is 6.40. The zero-order chi connectivity index (χ0) is 19.5. The highest BCUT2D eigenvalue weighted by Crippen LogP contribution is 2.40. The number of carbonyl (C=O) groups is 1. The van der Waals surface area contributed by atoms with E-state index in [0.717, 1.165) is 13.0 Å². The minimum absolute atomic E-state index is 0.0577. The second-order valence-corrected chi connectivity index (χ2v) is 8.24. The second kappa shape index (κ2) is 8.17. The molecule has 1 amide bonds. The minimum Gasteiger partial charge on any atom is -0.399 e. The van der Waals surface area contributed by atoms with Crippen molar-refractivity contribution in [3.8, 4) is 0 Å². The summed E-state index contributed by atoms with van der Waals surface area (Å²) >= 11 is 1.83. The molecule has 2 aromatic carbocycles. The number of thiophene rings is 1. The number of nitrogen functional groups attached to an aromatic ring is 1. The lowest BCUT2D eigenvalue weighted by molar-refractivity contribution is 0.0935. The van der Waals surface area contributed by atoms with Gasteiger partial charge >= 0.3 is 0 Å². The van der Waals surface area contributed by atoms with E-state index in [-0.39, 0.29) is 11.9 Å². The monoisotopic (exact) mass is 391 g/mol. The van der Waals surface area contributed by atoms with Crippen molar-refractivity contribution >= 4 is 22.9 Å². The molecule has 1 aliphatic rings. The van der Waals surface area contributed by atoms with E-state index < -0.39 is 0 Å². The van der Waals surface area contributed by atoms with Gasteiger partial charge in [0.1, 0.15) is 0 Å². The maximum atomic E-state index is 12.4. The van der Waals surface area contributed by atoms with Gasteiger partial charge in [-0.2, -0.15) is 0 Å². The Hall–Kier alpha value is -2.63. The summed E-state index contributed by atoms with van der Waals surface area (Å²) in [5, 5.41) is 5.25. The normalized spacial score (nSPS) is 19.2. The number of rotatable bonds is 5. The molecule has 0 saturated carbocycles. The lowest BCUT2D eigenvalue weighted by Gasteiger charge is -2.41. The Morgan fingerprint density at radius 2 is 1.89 bits per heavy atom. The molecule has 1 aromatic heterocycles. The Balaban J connectivity index is 1.49. The van der Waals surface area contributed by atoms with Gasteiger partial charge in [-0.3, -0.25) is 9.69 Å². The van der Waals surface area contributed by atoms with E-state index in [9.17, 15) is 4.79 Å². The largest absolute Gasteiger partial charge is 0.399 e. The van der Waals surface area contributed by atoms with E-state index in [4.69, 9.17) is 5.73 Å². The van der Waals surface area contributed by atoms with Gasteiger partial charge < -0.3 is 11.1 Å². The highest BCUT2D eigenvalue weighted by molar-refractivity contribution is 7.10. The van der Waals surface area contributed by atoms with E-state index in [2.05, 4.69) is 58.9 Å². The van der Waals surface area contributed by atoms with Crippen LogP contribution in [0.15, 0.2) is 66.0 Å². The first kappa shape index (κ1) is 18.7. The quantitative estimate of drug-likeness (QED) is 0.644. The number of nitrogens with one attached hydrogen (secondary N) is 1. The first-order valence-corrected chi connectivity index (χ1v) is 10.5. The first-order chi connectivity index (χ1) is 13.6. The molecule has 0 bridgehead atoms.